The fourth-order valence-electron chi connectivity index (χ4n) is 3.61. The van der Waals surface area contributed by atoms with Crippen molar-refractivity contribution in [1.82, 2.24) is 9.88 Å². The van der Waals surface area contributed by atoms with E-state index in [2.05, 4.69) is 20.1 Å². The van der Waals surface area contributed by atoms with Crippen molar-refractivity contribution in [3.05, 3.63) is 64.5 Å². The lowest BCUT2D eigenvalue weighted by Crippen LogP contribution is -2.47. The highest BCUT2D eigenvalue weighted by molar-refractivity contribution is 7.18. The number of ketones is 1. The molecule has 1 aromatic heterocycles. The smallest absolute Gasteiger partial charge is 0.207 e. The Hall–Kier alpha value is -3.08. The summed E-state index contributed by atoms with van der Waals surface area (Å²) >= 11 is 1.03. The SMILES string of the molecule is Nc1nc(Nc2ccc(N3CCN(CCO)CC3)cc2)sc1C(=O)c1cc(F)cc(F)c1. The molecule has 10 heteroatoms. The molecular formula is C22H23F2N5O2S. The molecule has 0 unspecified atom stereocenters. The molecule has 1 saturated heterocycles. The third-order valence-electron chi connectivity index (χ3n) is 5.26. The molecule has 1 aliphatic rings. The summed E-state index contributed by atoms with van der Waals surface area (Å²) in [5, 5.41) is 12.6. The highest BCUT2D eigenvalue weighted by atomic mass is 32.1. The minimum absolute atomic E-state index is 0.00420. The zero-order valence-electron chi connectivity index (χ0n) is 17.2. The number of anilines is 4. The van der Waals surface area contributed by atoms with Gasteiger partial charge in [0.15, 0.2) is 5.13 Å². The molecule has 1 fully saturated rings. The average Bonchev–Trinajstić information content (AvgIpc) is 3.14. The molecule has 0 saturated carbocycles. The first kappa shape index (κ1) is 22.1. The van der Waals surface area contributed by atoms with Gasteiger partial charge in [0, 0.05) is 55.7 Å². The second-order valence-corrected chi connectivity index (χ2v) is 8.44. The summed E-state index contributed by atoms with van der Waals surface area (Å²) in [6, 6.07) is 10.5. The van der Waals surface area contributed by atoms with Crippen LogP contribution in [0.25, 0.3) is 0 Å². The number of aliphatic hydroxyl groups is 1. The number of rotatable bonds is 7. The first-order valence-electron chi connectivity index (χ1n) is 10.2. The molecule has 0 atom stereocenters. The fourth-order valence-corrected chi connectivity index (χ4v) is 4.48. The van der Waals surface area contributed by atoms with Crippen molar-refractivity contribution in [2.75, 3.05) is 55.3 Å². The summed E-state index contributed by atoms with van der Waals surface area (Å²) in [6.45, 7) is 4.47. The van der Waals surface area contributed by atoms with Gasteiger partial charge in [-0.25, -0.2) is 13.8 Å². The third kappa shape index (κ3) is 5.04. The van der Waals surface area contributed by atoms with E-state index in [9.17, 15) is 13.6 Å². The number of aliphatic hydroxyl groups excluding tert-OH is 1. The van der Waals surface area contributed by atoms with Crippen LogP contribution in [0.1, 0.15) is 15.2 Å². The van der Waals surface area contributed by atoms with Crippen LogP contribution >= 0.6 is 11.3 Å². The highest BCUT2D eigenvalue weighted by Gasteiger charge is 2.20. The topological polar surface area (TPSA) is 94.7 Å². The van der Waals surface area contributed by atoms with E-state index in [0.717, 1.165) is 61.0 Å². The number of nitrogen functional groups attached to an aromatic ring is 1. The van der Waals surface area contributed by atoms with Gasteiger partial charge in [-0.3, -0.25) is 9.69 Å². The number of nitrogens with two attached hydrogens (primary N) is 1. The number of benzene rings is 2. The van der Waals surface area contributed by atoms with Gasteiger partial charge < -0.3 is 21.1 Å². The Balaban J connectivity index is 1.42. The maximum absolute atomic E-state index is 13.5. The summed E-state index contributed by atoms with van der Waals surface area (Å²) < 4.78 is 26.9. The van der Waals surface area contributed by atoms with Crippen LogP contribution in [0.5, 0.6) is 0 Å². The lowest BCUT2D eigenvalue weighted by Gasteiger charge is -2.35. The predicted octanol–water partition coefficient (Wildman–Crippen LogP) is 3.09. The Kier molecular flexibility index (Phi) is 6.63. The Bertz CT molecular complexity index is 1080. The summed E-state index contributed by atoms with van der Waals surface area (Å²) in [7, 11) is 0. The second-order valence-electron chi connectivity index (χ2n) is 7.44. The third-order valence-corrected chi connectivity index (χ3v) is 6.24. The lowest BCUT2D eigenvalue weighted by atomic mass is 10.1. The number of thiazole rings is 1. The Morgan fingerprint density at radius 3 is 2.38 bits per heavy atom. The van der Waals surface area contributed by atoms with Crippen LogP contribution in [0.15, 0.2) is 42.5 Å². The molecule has 0 bridgehead atoms. The first-order chi connectivity index (χ1) is 15.4. The molecular weight excluding hydrogens is 436 g/mol. The molecule has 0 radical (unpaired) electrons. The molecule has 1 aliphatic heterocycles. The number of carbonyl (C=O) groups is 1. The quantitative estimate of drug-likeness (QED) is 0.468. The standard InChI is InChI=1S/C22H23F2N5O2S/c23-15-11-14(12-16(24)13-15)19(31)20-21(25)27-22(32-20)26-17-1-3-18(4-2-17)29-7-5-28(6-8-29)9-10-30/h1-4,11-13,30H,5-10,25H2,(H,26,27). The number of hydrogen-bond donors (Lipinski definition) is 3. The molecule has 0 spiro atoms. The average molecular weight is 460 g/mol. The van der Waals surface area contributed by atoms with Crippen LogP contribution in [0.4, 0.5) is 31.1 Å². The molecule has 0 amide bonds. The van der Waals surface area contributed by atoms with Crippen LogP contribution in [0, 0.1) is 11.6 Å². The molecule has 2 aromatic carbocycles. The molecule has 32 heavy (non-hydrogen) atoms. The molecule has 2 heterocycles. The van der Waals surface area contributed by atoms with Crippen molar-refractivity contribution in [3.63, 3.8) is 0 Å². The Labute approximate surface area is 188 Å². The van der Waals surface area contributed by atoms with E-state index in [1.807, 2.05) is 24.3 Å². The fraction of sp³-hybridized carbons (Fsp3) is 0.273. The summed E-state index contributed by atoms with van der Waals surface area (Å²) in [5.74, 6) is -2.24. The number of halogens is 2. The van der Waals surface area contributed by atoms with Gasteiger partial charge in [0.05, 0.1) is 6.61 Å². The van der Waals surface area contributed by atoms with E-state index in [0.29, 0.717) is 17.7 Å². The van der Waals surface area contributed by atoms with Crippen LogP contribution in [-0.4, -0.2) is 60.1 Å². The summed E-state index contributed by atoms with van der Waals surface area (Å²) in [4.78, 5) is 21.4. The van der Waals surface area contributed by atoms with Crippen molar-refractivity contribution in [2.24, 2.45) is 0 Å². The number of hydrogen-bond acceptors (Lipinski definition) is 8. The molecule has 3 aromatic rings. The van der Waals surface area contributed by atoms with Crippen LogP contribution in [0.2, 0.25) is 0 Å². The van der Waals surface area contributed by atoms with E-state index in [-0.39, 0.29) is 22.9 Å². The Morgan fingerprint density at radius 1 is 1.09 bits per heavy atom. The largest absolute Gasteiger partial charge is 0.395 e. The molecule has 4 N–H and O–H groups in total. The monoisotopic (exact) mass is 459 g/mol. The number of nitrogens with zero attached hydrogens (tertiary/aromatic N) is 3. The predicted molar refractivity (Wildman–Crippen MR) is 122 cm³/mol. The van der Waals surface area contributed by atoms with Gasteiger partial charge in [-0.05, 0) is 36.4 Å². The van der Waals surface area contributed by atoms with E-state index in [1.165, 1.54) is 0 Å². The van der Waals surface area contributed by atoms with Crippen LogP contribution in [0.3, 0.4) is 0 Å². The van der Waals surface area contributed by atoms with E-state index in [1.54, 1.807) is 0 Å². The van der Waals surface area contributed by atoms with Crippen LogP contribution in [-0.2, 0) is 0 Å². The zero-order chi connectivity index (χ0) is 22.7. The van der Waals surface area contributed by atoms with Crippen molar-refractivity contribution in [2.45, 2.75) is 0 Å². The van der Waals surface area contributed by atoms with Gasteiger partial charge in [0.1, 0.15) is 22.3 Å². The first-order valence-corrected chi connectivity index (χ1v) is 11.0. The van der Waals surface area contributed by atoms with Gasteiger partial charge in [0.25, 0.3) is 0 Å². The van der Waals surface area contributed by atoms with Gasteiger partial charge in [-0.15, -0.1) is 0 Å². The number of β-amino-alcohol motifs (C(OH)–C–C–N with tert-alkyl or cyclic N) is 1. The Morgan fingerprint density at radius 2 is 1.75 bits per heavy atom. The van der Waals surface area contributed by atoms with Crippen LogP contribution < -0.4 is 16.0 Å². The van der Waals surface area contributed by atoms with Gasteiger partial charge in [-0.2, -0.15) is 0 Å². The number of aromatic nitrogens is 1. The molecule has 4 rings (SSSR count). The lowest BCUT2D eigenvalue weighted by molar-refractivity contribution is 0.104. The van der Waals surface area contributed by atoms with Crippen molar-refractivity contribution in [3.8, 4) is 0 Å². The van der Waals surface area contributed by atoms with Gasteiger partial charge in [0.2, 0.25) is 5.78 Å². The van der Waals surface area contributed by atoms with Crippen molar-refractivity contribution < 1.29 is 18.7 Å². The minimum atomic E-state index is -0.829. The molecule has 168 valence electrons. The molecule has 0 aliphatic carbocycles. The number of nitrogens with one attached hydrogen (secondary N) is 1. The summed E-state index contributed by atoms with van der Waals surface area (Å²) in [6.07, 6.45) is 0. The van der Waals surface area contributed by atoms with Crippen molar-refractivity contribution in [1.29, 1.82) is 0 Å². The normalized spacial score (nSPS) is 14.5. The zero-order valence-corrected chi connectivity index (χ0v) is 18.0. The van der Waals surface area contributed by atoms with E-state index < -0.39 is 17.4 Å². The van der Waals surface area contributed by atoms with E-state index >= 15 is 0 Å². The summed E-state index contributed by atoms with van der Waals surface area (Å²) in [5.41, 5.74) is 7.64. The molecule has 7 nitrogen and oxygen atoms in total. The van der Waals surface area contributed by atoms with Gasteiger partial charge in [-0.1, -0.05) is 11.3 Å². The van der Waals surface area contributed by atoms with E-state index in [4.69, 9.17) is 10.8 Å². The second kappa shape index (κ2) is 9.60. The number of piperazine rings is 1. The number of carbonyl (C=O) groups excluding carboxylic acids is 1. The van der Waals surface area contributed by atoms with Gasteiger partial charge >= 0.3 is 0 Å². The highest BCUT2D eigenvalue weighted by Crippen LogP contribution is 2.30. The minimum Gasteiger partial charge on any atom is -0.395 e. The maximum Gasteiger partial charge on any atom is 0.207 e. The van der Waals surface area contributed by atoms with Crippen molar-refractivity contribution >= 4 is 39.4 Å². The maximum atomic E-state index is 13.5.